The van der Waals surface area contributed by atoms with Crippen molar-refractivity contribution in [2.45, 2.75) is 69.1 Å². The van der Waals surface area contributed by atoms with Crippen LogP contribution in [0.15, 0.2) is 45.6 Å². The molecule has 1 saturated carbocycles. The van der Waals surface area contributed by atoms with Crippen molar-refractivity contribution < 1.29 is 14.2 Å². The molecule has 11 nitrogen and oxygen atoms in total. The lowest BCUT2D eigenvalue weighted by Crippen LogP contribution is -2.61. The van der Waals surface area contributed by atoms with Gasteiger partial charge in [-0.2, -0.15) is 0 Å². The number of benzene rings is 1. The summed E-state index contributed by atoms with van der Waals surface area (Å²) in [5, 5.41) is 20.6. The second-order valence-electron chi connectivity index (χ2n) is 12.6. The highest BCUT2D eigenvalue weighted by atomic mass is 79.9. The zero-order valence-electron chi connectivity index (χ0n) is 25.0. The van der Waals surface area contributed by atoms with E-state index in [0.717, 1.165) is 39.5 Å². The summed E-state index contributed by atoms with van der Waals surface area (Å²) in [4.78, 5) is 37.6. The van der Waals surface area contributed by atoms with Crippen LogP contribution < -0.4 is 21.3 Å². The van der Waals surface area contributed by atoms with Gasteiger partial charge in [0, 0.05) is 92.0 Å². The number of hydroxylamine groups is 3. The molecule has 0 radical (unpaired) electrons. The molecule has 2 aromatic rings. The van der Waals surface area contributed by atoms with Gasteiger partial charge in [0.05, 0.1) is 17.8 Å². The lowest BCUT2D eigenvalue weighted by atomic mass is 9.89. The molecule has 1 aliphatic carbocycles. The van der Waals surface area contributed by atoms with E-state index in [4.69, 9.17) is 5.73 Å². The van der Waals surface area contributed by atoms with Gasteiger partial charge in [-0.1, -0.05) is 6.42 Å². The number of piperidine rings is 1. The molecule has 3 aliphatic heterocycles. The Morgan fingerprint density at radius 1 is 1.00 bits per heavy atom. The quantitative estimate of drug-likeness (QED) is 0.234. The smallest absolute Gasteiger partial charge is 0.318 e. The Kier molecular flexibility index (Phi) is 9.67. The second kappa shape index (κ2) is 13.5. The van der Waals surface area contributed by atoms with E-state index in [-0.39, 0.29) is 28.7 Å². The Hall–Kier alpha value is -2.45. The van der Waals surface area contributed by atoms with Gasteiger partial charge in [-0.3, -0.25) is 15.1 Å². The van der Waals surface area contributed by atoms with Crippen molar-refractivity contribution in [3.05, 3.63) is 56.4 Å². The van der Waals surface area contributed by atoms with Crippen molar-refractivity contribution in [2.75, 3.05) is 56.6 Å². The average molecular weight is 735 g/mol. The molecular weight excluding hydrogens is 692 g/mol. The van der Waals surface area contributed by atoms with E-state index in [2.05, 4.69) is 52.4 Å². The minimum Gasteiger partial charge on any atom is -0.631 e. The predicted molar refractivity (Wildman–Crippen MR) is 178 cm³/mol. The number of halogens is 2. The summed E-state index contributed by atoms with van der Waals surface area (Å²) in [6.45, 7) is 4.04. The molecule has 13 heteroatoms. The number of rotatable bonds is 6. The molecule has 4 aliphatic rings. The zero-order chi connectivity index (χ0) is 30.8. The fourth-order valence-corrected chi connectivity index (χ4v) is 8.83. The number of nitrogens with one attached hydrogen (secondary N) is 2. The summed E-state index contributed by atoms with van der Waals surface area (Å²) in [5.74, 6) is -0.0952. The molecule has 6 rings (SSSR count). The Morgan fingerprint density at radius 2 is 1.66 bits per heavy atom. The number of carbonyl (C=O) groups is 2. The highest BCUT2D eigenvalue weighted by molar-refractivity contribution is 9.11. The van der Waals surface area contributed by atoms with Crippen molar-refractivity contribution in [2.24, 2.45) is 0 Å². The molecule has 3 saturated heterocycles. The second-order valence-corrected chi connectivity index (χ2v) is 14.3. The van der Waals surface area contributed by atoms with Crippen LogP contribution in [0.2, 0.25) is 0 Å². The number of amides is 3. The molecule has 4 atom stereocenters. The first-order valence-electron chi connectivity index (χ1n) is 15.8. The molecule has 3 amide bonds. The highest BCUT2D eigenvalue weighted by Crippen LogP contribution is 2.37. The van der Waals surface area contributed by atoms with E-state index in [1.54, 1.807) is 17.3 Å². The van der Waals surface area contributed by atoms with Gasteiger partial charge in [0.1, 0.15) is 18.8 Å². The number of aromatic nitrogens is 1. The Bertz CT molecular complexity index is 1310. The van der Waals surface area contributed by atoms with Gasteiger partial charge in [0.2, 0.25) is 5.91 Å². The van der Waals surface area contributed by atoms with Crippen LogP contribution in [0.25, 0.3) is 0 Å². The van der Waals surface area contributed by atoms with Gasteiger partial charge in [-0.15, -0.1) is 0 Å². The van der Waals surface area contributed by atoms with E-state index >= 15 is 0 Å². The van der Waals surface area contributed by atoms with Crippen LogP contribution in [0.4, 0.5) is 16.2 Å². The van der Waals surface area contributed by atoms with Crippen LogP contribution in [-0.4, -0.2) is 101 Å². The molecule has 1 aromatic carbocycles. The van der Waals surface area contributed by atoms with Crippen molar-refractivity contribution in [3.8, 4) is 0 Å². The van der Waals surface area contributed by atoms with Crippen LogP contribution in [-0.2, 0) is 11.2 Å². The van der Waals surface area contributed by atoms with Gasteiger partial charge in [-0.25, -0.2) is 4.79 Å². The van der Waals surface area contributed by atoms with Crippen molar-refractivity contribution in [3.63, 3.8) is 0 Å². The van der Waals surface area contributed by atoms with E-state index in [1.807, 2.05) is 29.2 Å². The van der Waals surface area contributed by atoms with E-state index in [0.29, 0.717) is 76.9 Å². The summed E-state index contributed by atoms with van der Waals surface area (Å²) in [6.07, 6.45) is 9.63. The molecule has 1 aromatic heterocycles. The maximum absolute atomic E-state index is 14.0. The minimum atomic E-state index is -0.737. The first-order chi connectivity index (χ1) is 21.2. The molecule has 3 unspecified atom stereocenters. The van der Waals surface area contributed by atoms with Crippen molar-refractivity contribution in [1.29, 1.82) is 0 Å². The summed E-state index contributed by atoms with van der Waals surface area (Å²) < 4.78 is 1.31. The Balaban J connectivity index is 1.11. The van der Waals surface area contributed by atoms with Gasteiger partial charge >= 0.3 is 6.03 Å². The molecule has 4 heterocycles. The number of nitrogens with two attached hydrogens (primary N) is 1. The van der Waals surface area contributed by atoms with Gasteiger partial charge in [0.25, 0.3) is 0 Å². The van der Waals surface area contributed by atoms with Crippen LogP contribution in [0.5, 0.6) is 0 Å². The lowest BCUT2D eigenvalue weighted by molar-refractivity contribution is -0.920. The zero-order valence-corrected chi connectivity index (χ0v) is 28.1. The highest BCUT2D eigenvalue weighted by Gasteiger charge is 2.48. The molecule has 4 fully saturated rings. The number of nitrogens with zero attached hydrogens (tertiary/aromatic N) is 5. The van der Waals surface area contributed by atoms with Crippen LogP contribution in [0, 0.1) is 5.21 Å². The van der Waals surface area contributed by atoms with E-state index < -0.39 is 6.04 Å². The first kappa shape index (κ1) is 31.5. The largest absolute Gasteiger partial charge is 0.631 e. The number of hydrogen-bond acceptors (Lipinski definition) is 7. The van der Waals surface area contributed by atoms with E-state index in [1.165, 1.54) is 6.42 Å². The third kappa shape index (κ3) is 6.57. The lowest BCUT2D eigenvalue weighted by Gasteiger charge is -2.53. The third-order valence-corrected chi connectivity index (χ3v) is 11.4. The van der Waals surface area contributed by atoms with Gasteiger partial charge in [-0.05, 0) is 74.5 Å². The average Bonchev–Trinajstić information content (AvgIpc) is 3.41. The molecule has 4 N–H and O–H groups in total. The number of carbonyl (C=O) groups excluding carboxylic acids is 2. The maximum Gasteiger partial charge on any atom is 0.318 e. The predicted octanol–water partition coefficient (Wildman–Crippen LogP) is 3.81. The Morgan fingerprint density at radius 3 is 2.34 bits per heavy atom. The summed E-state index contributed by atoms with van der Waals surface area (Å²) in [5.41, 5.74) is 8.67. The molecule has 44 heavy (non-hydrogen) atoms. The third-order valence-electron chi connectivity index (χ3n) is 10.1. The topological polar surface area (TPSA) is 130 Å². The number of nitrogen functional groups attached to an aromatic ring is 1. The van der Waals surface area contributed by atoms with Gasteiger partial charge < -0.3 is 35.6 Å². The fraction of sp³-hybridized carbons (Fsp3) is 0.581. The van der Waals surface area contributed by atoms with Crippen LogP contribution >= 0.6 is 31.9 Å². The summed E-state index contributed by atoms with van der Waals surface area (Å²) in [7, 11) is 0. The monoisotopic (exact) mass is 732 g/mol. The number of pyridine rings is 1. The first-order valence-corrected chi connectivity index (χ1v) is 17.4. The number of urea groups is 1. The van der Waals surface area contributed by atoms with Crippen molar-refractivity contribution >= 4 is 55.2 Å². The van der Waals surface area contributed by atoms with E-state index in [9.17, 15) is 14.8 Å². The molecule has 0 bridgehead atoms. The van der Waals surface area contributed by atoms with Crippen molar-refractivity contribution in [1.82, 2.24) is 25.4 Å². The maximum atomic E-state index is 14.0. The fourth-order valence-electron chi connectivity index (χ4n) is 7.55. The number of hydrogen-bond donors (Lipinski definition) is 3. The summed E-state index contributed by atoms with van der Waals surface area (Å²) in [6, 6.07) is 7.23. The standard InChI is InChI=1S/C31H42Br2N8O3/c32-24-17-21(18-25(33)29(24)34)19-27(30(42)39-15-13-38(14-16-39)22-5-9-35-10-6-22)37-31(43)40-11-7-23(8-12-40)41(44)20-36-26-3-1-2-4-28(26)41/h5-6,9-10,17-18,23,26-28,36H,1-4,7-8,11-16,19-20,34H2,(H,37,43)/t26?,27-,28?,41?/m1/s1. The normalized spacial score (nSPS) is 26.8. The number of anilines is 2. The SMILES string of the molecule is Nc1c(Br)cc(C[C@@H](NC(=O)N2CCC([N+]3([O-])CNC4CCCCC43)CC2)C(=O)N2CCN(c3ccncc3)CC2)cc1Br. The number of fused-ring (bicyclic) bond motifs is 1. The number of piperazine rings is 1. The van der Waals surface area contributed by atoms with Gasteiger partial charge in [0.15, 0.2) is 0 Å². The Labute approximate surface area is 275 Å². The molecular formula is C31H42Br2N8O3. The minimum absolute atomic E-state index is 0.00162. The number of quaternary nitrogens is 1. The summed E-state index contributed by atoms with van der Waals surface area (Å²) >= 11 is 7.03. The molecule has 238 valence electrons. The van der Waals surface area contributed by atoms with Crippen LogP contribution in [0.1, 0.15) is 44.1 Å². The number of likely N-dealkylation sites (tertiary alicyclic amines) is 1. The van der Waals surface area contributed by atoms with Crippen LogP contribution in [0.3, 0.4) is 0 Å². The molecule has 0 spiro atoms.